The summed E-state index contributed by atoms with van der Waals surface area (Å²) in [4.78, 5) is 65.3. The minimum atomic E-state index is -1.67. The van der Waals surface area contributed by atoms with Gasteiger partial charge >= 0.3 is 5.97 Å². The van der Waals surface area contributed by atoms with Crippen LogP contribution in [-0.2, 0) is 51.2 Å². The van der Waals surface area contributed by atoms with E-state index in [1.165, 1.54) is 18.7 Å². The van der Waals surface area contributed by atoms with Gasteiger partial charge in [-0.2, -0.15) is 0 Å². The van der Waals surface area contributed by atoms with Gasteiger partial charge in [0.1, 0.15) is 43.0 Å². The van der Waals surface area contributed by atoms with Gasteiger partial charge in [0.15, 0.2) is 6.29 Å². The smallest absolute Gasteiger partial charge is 0.328 e. The van der Waals surface area contributed by atoms with Gasteiger partial charge in [-0.05, 0) is 44.7 Å². The topological polar surface area (TPSA) is 253 Å². The molecule has 1 heterocycles. The number of hydrogen-bond donors (Lipinski definition) is 7. The third-order valence-electron chi connectivity index (χ3n) is 8.60. The molecule has 0 saturated carbocycles. The summed E-state index contributed by atoms with van der Waals surface area (Å²) >= 11 is 0. The first kappa shape index (κ1) is 42.0. The van der Waals surface area contributed by atoms with Crippen molar-refractivity contribution >= 4 is 29.6 Å². The van der Waals surface area contributed by atoms with Crippen molar-refractivity contribution in [1.82, 2.24) is 15.5 Å². The molecule has 0 radical (unpaired) electrons. The van der Waals surface area contributed by atoms with Crippen molar-refractivity contribution in [3.8, 4) is 0 Å². The van der Waals surface area contributed by atoms with Crippen molar-refractivity contribution in [3.63, 3.8) is 0 Å². The second-order valence-corrected chi connectivity index (χ2v) is 12.8. The summed E-state index contributed by atoms with van der Waals surface area (Å²) in [6.45, 7) is 3.43. The van der Waals surface area contributed by atoms with Gasteiger partial charge in [-0.1, -0.05) is 60.7 Å². The van der Waals surface area contributed by atoms with E-state index in [4.69, 9.17) is 25.7 Å². The number of nitrogens with two attached hydrogens (primary N) is 2. The van der Waals surface area contributed by atoms with Crippen LogP contribution in [-0.4, -0.2) is 118 Å². The Hall–Kier alpha value is -4.45. The van der Waals surface area contributed by atoms with E-state index >= 15 is 0 Å². The molecule has 1 unspecified atom stereocenters. The van der Waals surface area contributed by atoms with Gasteiger partial charge in [0.05, 0.1) is 18.8 Å². The fourth-order valence-electron chi connectivity index (χ4n) is 5.60. The van der Waals surface area contributed by atoms with Gasteiger partial charge in [-0.3, -0.25) is 19.2 Å². The molecule has 0 aliphatic carbocycles. The van der Waals surface area contributed by atoms with Crippen LogP contribution in [0.25, 0.3) is 0 Å². The van der Waals surface area contributed by atoms with Crippen molar-refractivity contribution in [1.29, 1.82) is 0 Å². The molecule has 0 spiro atoms. The second-order valence-electron chi connectivity index (χ2n) is 12.8. The Balaban J connectivity index is 1.78. The average Bonchev–Trinajstić information content (AvgIpc) is 3.13. The van der Waals surface area contributed by atoms with Crippen LogP contribution in [0.1, 0.15) is 51.2 Å². The van der Waals surface area contributed by atoms with Crippen molar-refractivity contribution < 1.29 is 53.5 Å². The van der Waals surface area contributed by atoms with Crippen LogP contribution < -0.4 is 22.1 Å². The molecule has 4 amide bonds. The highest BCUT2D eigenvalue weighted by Crippen LogP contribution is 2.25. The Morgan fingerprint density at radius 2 is 1.56 bits per heavy atom. The van der Waals surface area contributed by atoms with Gasteiger partial charge in [-0.15, -0.1) is 0 Å². The maximum Gasteiger partial charge on any atom is 0.328 e. The van der Waals surface area contributed by atoms with Crippen LogP contribution in [0.4, 0.5) is 0 Å². The first-order chi connectivity index (χ1) is 24.7. The lowest BCUT2D eigenvalue weighted by Crippen LogP contribution is -2.65. The van der Waals surface area contributed by atoms with Crippen LogP contribution in [0.5, 0.6) is 0 Å². The molecule has 0 bridgehead atoms. The number of aliphatic hydroxyl groups excluding tert-OH is 3. The van der Waals surface area contributed by atoms with E-state index in [0.717, 1.165) is 5.56 Å². The monoisotopic (exact) mass is 729 g/mol. The molecular formula is C36H51N5O11. The normalized spacial score (nSPS) is 22.2. The molecule has 2 aromatic carbocycles. The number of amides is 4. The lowest BCUT2D eigenvalue weighted by Gasteiger charge is -2.44. The molecule has 1 aliphatic heterocycles. The second kappa shape index (κ2) is 20.6. The molecule has 52 heavy (non-hydrogen) atoms. The lowest BCUT2D eigenvalue weighted by atomic mass is 9.96. The number of rotatable bonds is 19. The number of benzene rings is 2. The Bertz CT molecular complexity index is 1470. The number of nitrogens with zero attached hydrogens (tertiary/aromatic N) is 1. The van der Waals surface area contributed by atoms with E-state index in [1.807, 2.05) is 36.4 Å². The minimum Gasteiger partial charge on any atom is -0.459 e. The molecule has 1 saturated heterocycles. The molecule has 16 nitrogen and oxygen atoms in total. The lowest BCUT2D eigenvalue weighted by molar-refractivity contribution is -0.268. The summed E-state index contributed by atoms with van der Waals surface area (Å²) < 4.78 is 17.0. The molecule has 9 atom stereocenters. The summed E-state index contributed by atoms with van der Waals surface area (Å²) in [7, 11) is 0. The van der Waals surface area contributed by atoms with Gasteiger partial charge < -0.3 is 56.5 Å². The fourth-order valence-corrected chi connectivity index (χ4v) is 5.60. The van der Waals surface area contributed by atoms with E-state index in [1.54, 1.807) is 31.2 Å². The summed E-state index contributed by atoms with van der Waals surface area (Å²) in [5, 5.41) is 36.8. The van der Waals surface area contributed by atoms with Crippen LogP contribution in [0.15, 0.2) is 60.7 Å². The predicted molar refractivity (Wildman–Crippen MR) is 186 cm³/mol. The molecule has 0 aromatic heterocycles. The van der Waals surface area contributed by atoms with E-state index in [0.29, 0.717) is 12.0 Å². The maximum atomic E-state index is 13.7. The number of aryl methyl sites for hydroxylation is 1. The van der Waals surface area contributed by atoms with Crippen LogP contribution >= 0.6 is 0 Å². The Morgan fingerprint density at radius 1 is 0.942 bits per heavy atom. The summed E-state index contributed by atoms with van der Waals surface area (Å²) in [5.41, 5.74) is 12.7. The Kier molecular flexibility index (Phi) is 16.6. The highest BCUT2D eigenvalue weighted by Gasteiger charge is 2.47. The van der Waals surface area contributed by atoms with E-state index in [9.17, 15) is 39.3 Å². The van der Waals surface area contributed by atoms with Gasteiger partial charge in [0.2, 0.25) is 23.6 Å². The third kappa shape index (κ3) is 12.6. The van der Waals surface area contributed by atoms with Crippen LogP contribution in [0, 0.1) is 0 Å². The Labute approximate surface area is 302 Å². The molecular weight excluding hydrogens is 678 g/mol. The van der Waals surface area contributed by atoms with Gasteiger partial charge in [0, 0.05) is 19.4 Å². The first-order valence-electron chi connectivity index (χ1n) is 17.2. The SMILES string of the molecule is CC(CN(C(=O)CC[C@@H](NC(=O)[C@H](C)N)C(N)=O)[C@@H](C)C(=O)OCc1ccccc1)O[C@H]1[C@H](O)[C@@H](CO)O[C@H](O)[C@@H]1NC(=O)CCc1ccccc1. The number of aliphatic hydroxyl groups is 3. The van der Waals surface area contributed by atoms with Crippen LogP contribution in [0.2, 0.25) is 0 Å². The number of carbonyl (C=O) groups excluding carboxylic acids is 5. The number of ether oxygens (including phenoxy) is 3. The summed E-state index contributed by atoms with van der Waals surface area (Å²) in [5.74, 6) is -3.35. The molecule has 1 fully saturated rings. The largest absolute Gasteiger partial charge is 0.459 e. The van der Waals surface area contributed by atoms with Gasteiger partial charge in [-0.25, -0.2) is 4.79 Å². The highest BCUT2D eigenvalue weighted by atomic mass is 16.6. The molecule has 286 valence electrons. The van der Waals surface area contributed by atoms with E-state index < -0.39 is 91.1 Å². The number of nitrogens with one attached hydrogen (secondary N) is 2. The summed E-state index contributed by atoms with van der Waals surface area (Å²) in [6, 6.07) is 13.6. The number of hydrogen-bond acceptors (Lipinski definition) is 12. The number of primary amides is 1. The number of carbonyl (C=O) groups is 5. The molecule has 16 heteroatoms. The zero-order valence-electron chi connectivity index (χ0n) is 29.6. The summed E-state index contributed by atoms with van der Waals surface area (Å²) in [6.07, 6.45) is -6.79. The van der Waals surface area contributed by atoms with E-state index in [2.05, 4.69) is 10.6 Å². The quantitative estimate of drug-likeness (QED) is 0.0861. The fraction of sp³-hybridized carbons (Fsp3) is 0.528. The molecule has 1 aliphatic rings. The maximum absolute atomic E-state index is 13.7. The van der Waals surface area contributed by atoms with Crippen molar-refractivity contribution in [3.05, 3.63) is 71.8 Å². The minimum absolute atomic E-state index is 0.0524. The third-order valence-corrected chi connectivity index (χ3v) is 8.60. The average molecular weight is 730 g/mol. The molecule has 3 rings (SSSR count). The zero-order chi connectivity index (χ0) is 38.4. The number of esters is 1. The Morgan fingerprint density at radius 3 is 2.13 bits per heavy atom. The van der Waals surface area contributed by atoms with E-state index in [-0.39, 0.29) is 32.4 Å². The predicted octanol–water partition coefficient (Wildman–Crippen LogP) is -0.994. The van der Waals surface area contributed by atoms with Crippen LogP contribution in [0.3, 0.4) is 0 Å². The zero-order valence-corrected chi connectivity index (χ0v) is 29.6. The standard InChI is InChI=1S/C36H51N5O11/c1-21(51-32-30(36(49)52-27(19-42)31(32)45)40-28(43)16-14-24-10-6-4-7-11-24)18-41(23(3)35(48)50-20-25-12-8-5-9-13-25)29(44)17-15-26(33(38)46)39-34(47)22(2)37/h4-13,21-23,26-27,30-32,36,42,45,49H,14-20,37H2,1-3H3,(H2,38,46)(H,39,47)(H,40,43)/t21?,22-,23-,26+,27+,30+,31+,32+,36-/m0/s1. The highest BCUT2D eigenvalue weighted by molar-refractivity contribution is 5.89. The molecule has 2 aromatic rings. The van der Waals surface area contributed by atoms with Gasteiger partial charge in [0.25, 0.3) is 0 Å². The van der Waals surface area contributed by atoms with Crippen molar-refractivity contribution in [2.75, 3.05) is 13.2 Å². The first-order valence-corrected chi connectivity index (χ1v) is 17.2. The van der Waals surface area contributed by atoms with Crippen molar-refractivity contribution in [2.24, 2.45) is 11.5 Å². The molecule has 9 N–H and O–H groups in total. The van der Waals surface area contributed by atoms with Crippen molar-refractivity contribution in [2.45, 2.75) is 108 Å².